The van der Waals surface area contributed by atoms with Crippen molar-refractivity contribution >= 4 is 6.47 Å². The van der Waals surface area contributed by atoms with Crippen LogP contribution >= 0.6 is 0 Å². The smallest absolute Gasteiger partial charge is 0.247 e. The third kappa shape index (κ3) is 12.8. The van der Waals surface area contributed by atoms with E-state index >= 15 is 0 Å². The van der Waals surface area contributed by atoms with Crippen LogP contribution in [-0.2, 0) is 9.68 Å². The molecule has 0 heterocycles. The molecular weight excluding hydrogens is 83.0 g/mol. The molecule has 0 rings (SSSR count). The van der Waals surface area contributed by atoms with Gasteiger partial charge in [-0.3, -0.25) is 0 Å². The molecule has 0 amide bonds. The van der Waals surface area contributed by atoms with Crippen molar-refractivity contribution in [2.75, 3.05) is 0 Å². The van der Waals surface area contributed by atoms with Gasteiger partial charge in [-0.25, -0.2) is 10.1 Å². The molecule has 0 aliphatic rings. The van der Waals surface area contributed by atoms with Crippen LogP contribution in [0.15, 0.2) is 0 Å². The van der Waals surface area contributed by atoms with Crippen LogP contribution in [0.5, 0.6) is 0 Å². The van der Waals surface area contributed by atoms with Crippen LogP contribution in [0.1, 0.15) is 0 Å². The molecular formula is CH3NaO3+2. The maximum Gasteiger partial charge on any atom is 1.00 e. The van der Waals surface area contributed by atoms with Crippen LogP contribution < -0.4 is 29.6 Å². The van der Waals surface area contributed by atoms with Crippen LogP contribution in [0.2, 0.25) is 0 Å². The first kappa shape index (κ1) is 9.06. The van der Waals surface area contributed by atoms with Crippen molar-refractivity contribution in [3.63, 3.8) is 0 Å². The molecule has 0 saturated heterocycles. The van der Waals surface area contributed by atoms with E-state index in [0.717, 1.165) is 0 Å². The Kier molecular flexibility index (Phi) is 16.0. The van der Waals surface area contributed by atoms with Gasteiger partial charge in [0.2, 0.25) is 0 Å². The summed E-state index contributed by atoms with van der Waals surface area (Å²) in [6.07, 6.45) is 0. The average molecular weight is 86.0 g/mol. The SMILES string of the molecule is O=CO[OH2+].[Na+]. The summed E-state index contributed by atoms with van der Waals surface area (Å²) in [7, 11) is 0. The Bertz CT molecular complexity index is 20.9. The van der Waals surface area contributed by atoms with Crippen LogP contribution in [0.4, 0.5) is 0 Å². The Hall–Kier alpha value is 0.430. The zero-order valence-electron chi connectivity index (χ0n) is 2.89. The molecule has 0 aromatic rings. The normalized spacial score (nSPS) is 4.20. The van der Waals surface area contributed by atoms with E-state index in [1.165, 1.54) is 0 Å². The van der Waals surface area contributed by atoms with Gasteiger partial charge < -0.3 is 0 Å². The summed E-state index contributed by atoms with van der Waals surface area (Å²) in [5.74, 6) is 0. The molecule has 0 aromatic heterocycles. The minimum atomic E-state index is 0. The van der Waals surface area contributed by atoms with Crippen LogP contribution in [-0.4, -0.2) is 11.7 Å². The summed E-state index contributed by atoms with van der Waals surface area (Å²) in [5.41, 5.74) is 0. The fraction of sp³-hybridized carbons (Fsp3) is 0. The second-order valence-corrected chi connectivity index (χ2v) is 0.214. The van der Waals surface area contributed by atoms with Gasteiger partial charge in [0, 0.05) is 0 Å². The molecule has 0 radical (unpaired) electrons. The molecule has 5 heavy (non-hydrogen) atoms. The third-order valence-corrected chi connectivity index (χ3v) is 0.0481. The zero-order chi connectivity index (χ0) is 3.41. The maximum absolute atomic E-state index is 8.76. The predicted octanol–water partition coefficient (Wildman–Crippen LogP) is -4.20. The monoisotopic (exact) mass is 86.0 g/mol. The van der Waals surface area contributed by atoms with E-state index in [1.54, 1.807) is 0 Å². The van der Waals surface area contributed by atoms with Gasteiger partial charge in [0.05, 0.1) is 0 Å². The topological polar surface area (TPSA) is 49.2 Å². The molecule has 3 nitrogen and oxygen atoms in total. The Morgan fingerprint density at radius 3 is 2.00 bits per heavy atom. The Morgan fingerprint density at radius 2 is 2.00 bits per heavy atom. The minimum absolute atomic E-state index is 0. The quantitative estimate of drug-likeness (QED) is 0.107. The molecule has 0 atom stereocenters. The molecule has 24 valence electrons. The molecule has 2 N–H and O–H groups in total. The van der Waals surface area contributed by atoms with Crippen molar-refractivity contribution in [1.29, 1.82) is 0 Å². The van der Waals surface area contributed by atoms with Gasteiger partial charge in [0.15, 0.2) is 0 Å². The van der Waals surface area contributed by atoms with E-state index in [9.17, 15) is 0 Å². The van der Waals surface area contributed by atoms with E-state index in [1.807, 2.05) is 0 Å². The number of hydrogen-bond acceptors (Lipinski definition) is 2. The Morgan fingerprint density at radius 1 is 1.80 bits per heavy atom. The summed E-state index contributed by atoms with van der Waals surface area (Å²) in [6.45, 7) is 0.0417. The van der Waals surface area contributed by atoms with Gasteiger partial charge in [-0.15, -0.1) is 0 Å². The molecule has 0 bridgehead atoms. The standard InChI is InChI=1S/CH2O3.Na/c2-1-4-3;/h1,3H;/q;+1/p+1. The van der Waals surface area contributed by atoms with Crippen molar-refractivity contribution < 1.29 is 44.5 Å². The van der Waals surface area contributed by atoms with Gasteiger partial charge >= 0.3 is 36.0 Å². The summed E-state index contributed by atoms with van der Waals surface area (Å²) in [4.78, 5) is 11.9. The van der Waals surface area contributed by atoms with Crippen molar-refractivity contribution in [2.45, 2.75) is 0 Å². The fourth-order valence-electron chi connectivity index (χ4n) is 0. The molecule has 4 heteroatoms. The summed E-state index contributed by atoms with van der Waals surface area (Å²) in [5, 5.41) is 5.58. The maximum atomic E-state index is 8.76. The molecule has 0 saturated carbocycles. The first-order valence-corrected chi connectivity index (χ1v) is 0.676. The van der Waals surface area contributed by atoms with E-state index < -0.39 is 0 Å². The molecule has 0 fully saturated rings. The van der Waals surface area contributed by atoms with Crippen LogP contribution in [0.3, 0.4) is 0 Å². The van der Waals surface area contributed by atoms with E-state index in [4.69, 9.17) is 10.1 Å². The van der Waals surface area contributed by atoms with Crippen LogP contribution in [0, 0.1) is 0 Å². The van der Waals surface area contributed by atoms with Crippen molar-refractivity contribution in [1.82, 2.24) is 0 Å². The molecule has 0 aromatic carbocycles. The van der Waals surface area contributed by atoms with Gasteiger partial charge in [0.1, 0.15) is 0 Å². The second kappa shape index (κ2) is 8.83. The average Bonchev–Trinajstić information content (AvgIpc) is 1.37. The summed E-state index contributed by atoms with van der Waals surface area (Å²) in [6, 6.07) is 0. The van der Waals surface area contributed by atoms with Crippen LogP contribution in [0.25, 0.3) is 0 Å². The Labute approximate surface area is 51.2 Å². The third-order valence-electron chi connectivity index (χ3n) is 0.0481. The molecule has 0 aliphatic carbocycles. The largest absolute Gasteiger partial charge is 1.00 e. The molecule has 0 spiro atoms. The first-order chi connectivity index (χ1) is 1.91. The molecule has 0 aliphatic heterocycles. The molecule has 0 unspecified atom stereocenters. The first-order valence-electron chi connectivity index (χ1n) is 0.676. The minimum Gasteiger partial charge on any atom is -0.247 e. The second-order valence-electron chi connectivity index (χ2n) is 0.214. The number of rotatable bonds is 1. The van der Waals surface area contributed by atoms with Crippen molar-refractivity contribution in [2.24, 2.45) is 0 Å². The number of carbonyl (C=O) groups excluding carboxylic acids is 1. The fourth-order valence-corrected chi connectivity index (χ4v) is 0. The van der Waals surface area contributed by atoms with Crippen molar-refractivity contribution in [3.8, 4) is 0 Å². The van der Waals surface area contributed by atoms with Gasteiger partial charge in [-0.05, 0) is 0 Å². The summed E-state index contributed by atoms with van der Waals surface area (Å²) < 4.78 is 0. The zero-order valence-corrected chi connectivity index (χ0v) is 4.89. The predicted molar refractivity (Wildman–Crippen MR) is 10.8 cm³/mol. The van der Waals surface area contributed by atoms with E-state index in [0.29, 0.717) is 0 Å². The van der Waals surface area contributed by atoms with Crippen molar-refractivity contribution in [3.05, 3.63) is 0 Å². The Balaban J connectivity index is 0. The summed E-state index contributed by atoms with van der Waals surface area (Å²) >= 11 is 0. The number of hydrogen-bond donors (Lipinski definition) is 0. The number of carbonyl (C=O) groups is 1. The van der Waals surface area contributed by atoms with E-state index in [-0.39, 0.29) is 36.0 Å². The van der Waals surface area contributed by atoms with Gasteiger partial charge in [-0.2, -0.15) is 4.89 Å². The van der Waals surface area contributed by atoms with Gasteiger partial charge in [-0.1, -0.05) is 0 Å². The van der Waals surface area contributed by atoms with E-state index in [2.05, 4.69) is 4.89 Å². The van der Waals surface area contributed by atoms with Gasteiger partial charge in [0.25, 0.3) is 0 Å².